The number of ether oxygens (including phenoxy) is 1. The first kappa shape index (κ1) is 12.3. The van der Waals surface area contributed by atoms with E-state index in [9.17, 15) is 0 Å². The third-order valence-corrected chi connectivity index (χ3v) is 3.65. The van der Waals surface area contributed by atoms with Gasteiger partial charge in [0.2, 0.25) is 0 Å². The van der Waals surface area contributed by atoms with Crippen molar-refractivity contribution in [2.75, 3.05) is 6.61 Å². The summed E-state index contributed by atoms with van der Waals surface area (Å²) in [5.74, 6) is 1.83. The van der Waals surface area contributed by atoms with Crippen molar-refractivity contribution in [1.29, 1.82) is 0 Å². The van der Waals surface area contributed by atoms with E-state index < -0.39 is 0 Å². The van der Waals surface area contributed by atoms with Crippen LogP contribution in [0.3, 0.4) is 0 Å². The molecule has 0 unspecified atom stereocenters. The van der Waals surface area contributed by atoms with E-state index >= 15 is 0 Å². The van der Waals surface area contributed by atoms with Crippen LogP contribution in [0.2, 0.25) is 0 Å². The van der Waals surface area contributed by atoms with Gasteiger partial charge in [0.1, 0.15) is 5.75 Å². The van der Waals surface area contributed by atoms with E-state index in [1.54, 1.807) is 0 Å². The Balaban J connectivity index is 1.50. The van der Waals surface area contributed by atoms with Crippen LogP contribution in [0.4, 0.5) is 0 Å². The Kier molecular flexibility index (Phi) is 3.83. The van der Waals surface area contributed by atoms with E-state index in [0.29, 0.717) is 0 Å². The van der Waals surface area contributed by atoms with Crippen LogP contribution < -0.4 is 4.74 Å². The quantitative estimate of drug-likeness (QED) is 0.746. The lowest BCUT2D eigenvalue weighted by molar-refractivity contribution is 0.299. The van der Waals surface area contributed by atoms with E-state index in [2.05, 4.69) is 54.6 Å². The minimum atomic E-state index is 0.817. The van der Waals surface area contributed by atoms with Crippen molar-refractivity contribution in [3.8, 4) is 5.75 Å². The number of rotatable bonds is 6. The average molecular weight is 252 g/mol. The highest BCUT2D eigenvalue weighted by molar-refractivity contribution is 5.28. The maximum atomic E-state index is 5.75. The fourth-order valence-electron chi connectivity index (χ4n) is 2.18. The second-order valence-corrected chi connectivity index (χ2v) is 5.38. The van der Waals surface area contributed by atoms with Crippen LogP contribution in [0.25, 0.3) is 0 Å². The second-order valence-electron chi connectivity index (χ2n) is 5.38. The van der Waals surface area contributed by atoms with Gasteiger partial charge in [0, 0.05) is 0 Å². The lowest BCUT2D eigenvalue weighted by Gasteiger charge is -2.06. The molecular formula is C18H20O. The molecule has 0 atom stereocenters. The maximum Gasteiger partial charge on any atom is 0.119 e. The third-order valence-electron chi connectivity index (χ3n) is 3.65. The van der Waals surface area contributed by atoms with Crippen molar-refractivity contribution in [1.82, 2.24) is 0 Å². The largest absolute Gasteiger partial charge is 0.493 e. The molecule has 0 aromatic heterocycles. The van der Waals surface area contributed by atoms with E-state index in [-0.39, 0.29) is 0 Å². The van der Waals surface area contributed by atoms with Crippen LogP contribution in [0.5, 0.6) is 5.75 Å². The van der Waals surface area contributed by atoms with Crippen LogP contribution >= 0.6 is 0 Å². The smallest absolute Gasteiger partial charge is 0.119 e. The van der Waals surface area contributed by atoms with Gasteiger partial charge in [-0.2, -0.15) is 0 Å². The summed E-state index contributed by atoms with van der Waals surface area (Å²) in [6, 6.07) is 19.2. The molecule has 1 fully saturated rings. The average Bonchev–Trinajstić information content (AvgIpc) is 3.29. The molecule has 0 saturated heterocycles. The predicted molar refractivity (Wildman–Crippen MR) is 78.5 cm³/mol. The van der Waals surface area contributed by atoms with Crippen molar-refractivity contribution in [2.45, 2.75) is 25.7 Å². The van der Waals surface area contributed by atoms with Gasteiger partial charge in [-0.15, -0.1) is 0 Å². The first-order valence-electron chi connectivity index (χ1n) is 7.16. The Bertz CT molecular complexity index is 497. The molecule has 0 N–H and O–H groups in total. The van der Waals surface area contributed by atoms with Gasteiger partial charge in [-0.05, 0) is 54.9 Å². The lowest BCUT2D eigenvalue weighted by atomic mass is 10.0. The molecule has 1 heteroatoms. The van der Waals surface area contributed by atoms with E-state index in [1.165, 1.54) is 24.0 Å². The zero-order valence-corrected chi connectivity index (χ0v) is 11.2. The van der Waals surface area contributed by atoms with Gasteiger partial charge in [0.25, 0.3) is 0 Å². The molecule has 0 radical (unpaired) electrons. The monoisotopic (exact) mass is 252 g/mol. The highest BCUT2D eigenvalue weighted by Crippen LogP contribution is 2.29. The fraction of sp³-hybridized carbons (Fsp3) is 0.333. The summed E-state index contributed by atoms with van der Waals surface area (Å²) < 4.78 is 5.75. The summed E-state index contributed by atoms with van der Waals surface area (Å²) in [5.41, 5.74) is 2.78. The molecular weight excluding hydrogens is 232 g/mol. The summed E-state index contributed by atoms with van der Waals surface area (Å²) in [6.45, 7) is 0.892. The second kappa shape index (κ2) is 5.92. The zero-order valence-electron chi connectivity index (χ0n) is 11.2. The molecule has 0 spiro atoms. The Morgan fingerprint density at radius 2 is 1.42 bits per heavy atom. The van der Waals surface area contributed by atoms with Gasteiger partial charge in [0.05, 0.1) is 6.61 Å². The minimum absolute atomic E-state index is 0.817. The van der Waals surface area contributed by atoms with Crippen LogP contribution in [-0.4, -0.2) is 6.61 Å². The van der Waals surface area contributed by atoms with Crippen LogP contribution in [0.15, 0.2) is 54.6 Å². The Morgan fingerprint density at radius 3 is 2.05 bits per heavy atom. The molecule has 3 rings (SSSR count). The summed E-state index contributed by atoms with van der Waals surface area (Å²) in [6.07, 6.45) is 4.88. The molecule has 98 valence electrons. The normalized spacial score (nSPS) is 14.3. The molecule has 1 aliphatic carbocycles. The number of aryl methyl sites for hydroxylation is 2. The number of hydrogen-bond acceptors (Lipinski definition) is 1. The number of hydrogen-bond donors (Lipinski definition) is 0. The molecule has 1 nitrogen and oxygen atoms in total. The summed E-state index contributed by atoms with van der Waals surface area (Å²) in [5, 5.41) is 0. The highest BCUT2D eigenvalue weighted by Gasteiger charge is 2.21. The summed E-state index contributed by atoms with van der Waals surface area (Å²) in [7, 11) is 0. The van der Waals surface area contributed by atoms with E-state index in [4.69, 9.17) is 4.74 Å². The van der Waals surface area contributed by atoms with Crippen molar-refractivity contribution in [3.05, 3.63) is 65.7 Å². The molecule has 19 heavy (non-hydrogen) atoms. The van der Waals surface area contributed by atoms with Crippen LogP contribution in [0.1, 0.15) is 24.0 Å². The lowest BCUT2D eigenvalue weighted by Crippen LogP contribution is -1.99. The zero-order chi connectivity index (χ0) is 12.9. The van der Waals surface area contributed by atoms with Gasteiger partial charge in [-0.1, -0.05) is 42.5 Å². The first-order chi connectivity index (χ1) is 9.40. The molecule has 1 aliphatic rings. The molecule has 2 aromatic carbocycles. The molecule has 0 bridgehead atoms. The van der Waals surface area contributed by atoms with Gasteiger partial charge < -0.3 is 4.74 Å². The van der Waals surface area contributed by atoms with Gasteiger partial charge in [-0.3, -0.25) is 0 Å². The fourth-order valence-corrected chi connectivity index (χ4v) is 2.18. The van der Waals surface area contributed by atoms with E-state index in [1.807, 2.05) is 0 Å². The Hall–Kier alpha value is -1.76. The molecule has 0 heterocycles. The summed E-state index contributed by atoms with van der Waals surface area (Å²) in [4.78, 5) is 0. The molecule has 1 saturated carbocycles. The molecule has 0 amide bonds. The van der Waals surface area contributed by atoms with Crippen LogP contribution in [0, 0.1) is 5.92 Å². The summed E-state index contributed by atoms with van der Waals surface area (Å²) >= 11 is 0. The third kappa shape index (κ3) is 3.85. The molecule has 0 aliphatic heterocycles. The minimum Gasteiger partial charge on any atom is -0.493 e. The Labute approximate surface area is 115 Å². The predicted octanol–water partition coefficient (Wildman–Crippen LogP) is 4.26. The van der Waals surface area contributed by atoms with Crippen molar-refractivity contribution >= 4 is 0 Å². The standard InChI is InChI=1S/C18H20O/c1-2-4-15(5-3-1)6-7-16-10-12-18(13-11-16)19-14-17-8-9-17/h1-5,10-13,17H,6-9,14H2. The SMILES string of the molecule is c1ccc(CCc2ccc(OCC3CC3)cc2)cc1. The highest BCUT2D eigenvalue weighted by atomic mass is 16.5. The Morgan fingerprint density at radius 1 is 0.789 bits per heavy atom. The van der Waals surface area contributed by atoms with Gasteiger partial charge in [0.15, 0.2) is 0 Å². The van der Waals surface area contributed by atoms with Gasteiger partial charge >= 0.3 is 0 Å². The van der Waals surface area contributed by atoms with Crippen molar-refractivity contribution < 1.29 is 4.74 Å². The number of benzene rings is 2. The topological polar surface area (TPSA) is 9.23 Å². The van der Waals surface area contributed by atoms with Crippen molar-refractivity contribution in [3.63, 3.8) is 0 Å². The van der Waals surface area contributed by atoms with Gasteiger partial charge in [-0.25, -0.2) is 0 Å². The first-order valence-corrected chi connectivity index (χ1v) is 7.16. The van der Waals surface area contributed by atoms with E-state index in [0.717, 1.165) is 31.1 Å². The van der Waals surface area contributed by atoms with Crippen LogP contribution in [-0.2, 0) is 12.8 Å². The van der Waals surface area contributed by atoms with Crippen molar-refractivity contribution in [2.24, 2.45) is 5.92 Å². The maximum absolute atomic E-state index is 5.75. The molecule has 2 aromatic rings.